The topological polar surface area (TPSA) is 154 Å². The van der Waals surface area contributed by atoms with Crippen LogP contribution in [0.1, 0.15) is 22.8 Å². The fraction of sp³-hybridized carbons (Fsp3) is 0.0500. The minimum atomic E-state index is -1.36. The lowest BCUT2D eigenvalue weighted by Gasteiger charge is -2.06. The lowest BCUT2D eigenvalue weighted by atomic mass is 10.0. The average Bonchev–Trinajstić information content (AvgIpc) is 3.01. The zero-order valence-electron chi connectivity index (χ0n) is 14.9. The van der Waals surface area contributed by atoms with E-state index in [0.717, 1.165) is 19.1 Å². The molecule has 0 saturated carbocycles. The number of fused-ring (bicyclic) bond motifs is 1. The highest BCUT2D eigenvalue weighted by Crippen LogP contribution is 2.41. The number of esters is 1. The summed E-state index contributed by atoms with van der Waals surface area (Å²) in [5, 5.41) is 38.7. The minimum Gasteiger partial charge on any atom is -0.504 e. The number of ether oxygens (including phenoxy) is 1. The molecule has 2 aromatic carbocycles. The number of aromatic hydroxyl groups is 2. The van der Waals surface area contributed by atoms with E-state index in [2.05, 4.69) is 0 Å². The van der Waals surface area contributed by atoms with E-state index in [0.29, 0.717) is 0 Å². The van der Waals surface area contributed by atoms with Gasteiger partial charge in [-0.1, -0.05) is 0 Å². The number of hydrogen-bond donors (Lipinski definition) is 4. The van der Waals surface area contributed by atoms with E-state index in [1.807, 2.05) is 0 Å². The molecule has 0 aliphatic rings. The van der Waals surface area contributed by atoms with Gasteiger partial charge in [-0.05, 0) is 42.0 Å². The number of phenolic OH excluding ortho intramolecular Hbond substituents is 2. The number of phenols is 2. The summed E-state index contributed by atoms with van der Waals surface area (Å²) in [6, 6.07) is 6.39. The van der Waals surface area contributed by atoms with Gasteiger partial charge in [0, 0.05) is 23.9 Å². The van der Waals surface area contributed by atoms with Crippen molar-refractivity contribution in [1.82, 2.24) is 0 Å². The Morgan fingerprint density at radius 1 is 1.03 bits per heavy atom. The molecule has 0 spiro atoms. The summed E-state index contributed by atoms with van der Waals surface area (Å²) in [5.74, 6) is -4.27. The highest BCUT2D eigenvalue weighted by atomic mass is 16.5. The van der Waals surface area contributed by atoms with Crippen molar-refractivity contribution in [3.63, 3.8) is 0 Å². The highest BCUT2D eigenvalue weighted by Gasteiger charge is 2.24. The van der Waals surface area contributed by atoms with Crippen LogP contribution in [0.4, 0.5) is 0 Å². The molecule has 0 unspecified atom stereocenters. The first kappa shape index (κ1) is 19.5. The molecule has 0 aliphatic heterocycles. The second kappa shape index (κ2) is 7.39. The number of hydrogen-bond acceptors (Lipinski definition) is 7. The first-order valence-corrected chi connectivity index (χ1v) is 8.13. The predicted molar refractivity (Wildman–Crippen MR) is 99.9 cm³/mol. The molecular weight excluding hydrogens is 384 g/mol. The van der Waals surface area contributed by atoms with Crippen molar-refractivity contribution >= 4 is 35.0 Å². The Labute approximate surface area is 162 Å². The van der Waals surface area contributed by atoms with Crippen molar-refractivity contribution in [3.8, 4) is 28.6 Å². The van der Waals surface area contributed by atoms with Crippen LogP contribution in [0.5, 0.6) is 17.2 Å². The number of aromatic carboxylic acids is 1. The first-order chi connectivity index (χ1) is 13.7. The minimum absolute atomic E-state index is 0.0427. The summed E-state index contributed by atoms with van der Waals surface area (Å²) < 4.78 is 10.4. The van der Waals surface area contributed by atoms with Gasteiger partial charge in [0.25, 0.3) is 0 Å². The molecule has 9 heteroatoms. The fourth-order valence-corrected chi connectivity index (χ4v) is 2.78. The molecule has 0 atom stereocenters. The quantitative estimate of drug-likeness (QED) is 0.288. The van der Waals surface area contributed by atoms with Gasteiger partial charge in [-0.15, -0.1) is 0 Å². The molecule has 0 fully saturated rings. The van der Waals surface area contributed by atoms with E-state index in [-0.39, 0.29) is 44.9 Å². The Balaban J connectivity index is 2.21. The van der Waals surface area contributed by atoms with Crippen LogP contribution in [0.25, 0.3) is 28.4 Å². The third kappa shape index (κ3) is 3.88. The van der Waals surface area contributed by atoms with Crippen LogP contribution in [0.15, 0.2) is 40.8 Å². The summed E-state index contributed by atoms with van der Waals surface area (Å²) in [4.78, 5) is 33.6. The van der Waals surface area contributed by atoms with Gasteiger partial charge in [0.1, 0.15) is 11.3 Å². The Bertz CT molecular complexity index is 1180. The fourth-order valence-electron chi connectivity index (χ4n) is 2.78. The molecule has 1 heterocycles. The molecule has 0 saturated heterocycles. The van der Waals surface area contributed by atoms with E-state index >= 15 is 0 Å². The Hall–Kier alpha value is -4.27. The summed E-state index contributed by atoms with van der Waals surface area (Å²) in [7, 11) is 0. The highest BCUT2D eigenvalue weighted by molar-refractivity contribution is 6.09. The van der Waals surface area contributed by atoms with Crippen molar-refractivity contribution in [3.05, 3.63) is 47.5 Å². The van der Waals surface area contributed by atoms with Crippen LogP contribution in [0, 0.1) is 0 Å². The number of furan rings is 1. The van der Waals surface area contributed by atoms with E-state index in [1.54, 1.807) is 0 Å². The van der Waals surface area contributed by atoms with Crippen LogP contribution >= 0.6 is 0 Å². The largest absolute Gasteiger partial charge is 0.504 e. The van der Waals surface area contributed by atoms with E-state index in [9.17, 15) is 29.7 Å². The molecule has 3 aromatic rings. The van der Waals surface area contributed by atoms with Crippen molar-refractivity contribution in [2.75, 3.05) is 0 Å². The third-order valence-corrected chi connectivity index (χ3v) is 3.90. The van der Waals surface area contributed by atoms with Crippen LogP contribution < -0.4 is 4.74 Å². The van der Waals surface area contributed by atoms with Crippen LogP contribution in [0.2, 0.25) is 0 Å². The molecule has 29 heavy (non-hydrogen) atoms. The summed E-state index contributed by atoms with van der Waals surface area (Å²) in [5.41, 5.74) is 0.00303. The second-order valence-corrected chi connectivity index (χ2v) is 5.98. The van der Waals surface area contributed by atoms with Crippen molar-refractivity contribution in [2.24, 2.45) is 0 Å². The SMILES string of the molecule is CC(=O)Oc1ccc(-c2oc3c(O)cc(/C=C/C(=O)O)cc3c2C(=O)O)cc1O. The smallest absolute Gasteiger partial charge is 0.340 e. The van der Waals surface area contributed by atoms with Crippen LogP contribution in [-0.2, 0) is 9.59 Å². The van der Waals surface area contributed by atoms with Crippen LogP contribution in [0.3, 0.4) is 0 Å². The Morgan fingerprint density at radius 3 is 2.34 bits per heavy atom. The lowest BCUT2D eigenvalue weighted by Crippen LogP contribution is -2.01. The monoisotopic (exact) mass is 398 g/mol. The third-order valence-electron chi connectivity index (χ3n) is 3.90. The number of benzene rings is 2. The summed E-state index contributed by atoms with van der Waals surface area (Å²) in [6.07, 6.45) is 2.04. The maximum Gasteiger partial charge on any atom is 0.340 e. The van der Waals surface area contributed by atoms with Crippen molar-refractivity contribution in [1.29, 1.82) is 0 Å². The van der Waals surface area contributed by atoms with E-state index in [1.165, 1.54) is 30.3 Å². The molecule has 3 rings (SSSR count). The maximum absolute atomic E-state index is 11.9. The van der Waals surface area contributed by atoms with Gasteiger partial charge < -0.3 is 29.6 Å². The zero-order chi connectivity index (χ0) is 21.3. The molecular formula is C20H14O9. The van der Waals surface area contributed by atoms with E-state index in [4.69, 9.17) is 14.3 Å². The number of aliphatic carboxylic acids is 1. The molecule has 0 bridgehead atoms. The molecule has 9 nitrogen and oxygen atoms in total. The first-order valence-electron chi connectivity index (χ1n) is 8.13. The molecule has 4 N–H and O–H groups in total. The molecule has 1 aromatic heterocycles. The maximum atomic E-state index is 11.9. The van der Waals surface area contributed by atoms with Gasteiger partial charge in [0.15, 0.2) is 22.8 Å². The number of carbonyl (C=O) groups excluding carboxylic acids is 1. The number of rotatable bonds is 5. The van der Waals surface area contributed by atoms with Crippen molar-refractivity contribution < 1.29 is 44.0 Å². The van der Waals surface area contributed by atoms with Gasteiger partial charge in [0.05, 0.1) is 0 Å². The Morgan fingerprint density at radius 2 is 1.76 bits per heavy atom. The molecule has 148 valence electrons. The lowest BCUT2D eigenvalue weighted by molar-refractivity contribution is -0.132. The Kier molecular flexibility index (Phi) is 4.97. The predicted octanol–water partition coefficient (Wildman–Crippen LogP) is 3.23. The summed E-state index contributed by atoms with van der Waals surface area (Å²) >= 11 is 0. The summed E-state index contributed by atoms with van der Waals surface area (Å²) in [6.45, 7) is 1.16. The van der Waals surface area contributed by atoms with Gasteiger partial charge in [-0.3, -0.25) is 4.79 Å². The molecule has 0 radical (unpaired) electrons. The van der Waals surface area contributed by atoms with E-state index < -0.39 is 23.7 Å². The average molecular weight is 398 g/mol. The van der Waals surface area contributed by atoms with Crippen LogP contribution in [-0.4, -0.2) is 38.3 Å². The second-order valence-electron chi connectivity index (χ2n) is 5.98. The normalized spacial score (nSPS) is 11.1. The van der Waals surface area contributed by atoms with Gasteiger partial charge in [-0.25, -0.2) is 9.59 Å². The molecule has 0 amide bonds. The van der Waals surface area contributed by atoms with Crippen molar-refractivity contribution in [2.45, 2.75) is 6.92 Å². The van der Waals surface area contributed by atoms with Gasteiger partial charge >= 0.3 is 17.9 Å². The molecule has 0 aliphatic carbocycles. The number of carboxylic acid groups (broad SMARTS) is 2. The van der Waals surface area contributed by atoms with Gasteiger partial charge in [0.2, 0.25) is 0 Å². The number of carbonyl (C=O) groups is 3. The zero-order valence-corrected chi connectivity index (χ0v) is 14.9. The standard InChI is InChI=1S/C20H14O9/c1-9(21)28-15-4-3-11(8-13(15)22)18-17(20(26)27)12-6-10(2-5-16(24)25)7-14(23)19(12)29-18/h2-8,22-23H,1H3,(H,24,25)(H,26,27)/b5-2+. The number of carboxylic acids is 2. The van der Waals surface area contributed by atoms with Gasteiger partial charge in [-0.2, -0.15) is 0 Å².